The maximum atomic E-state index is 12.8. The van der Waals surface area contributed by atoms with Crippen LogP contribution in [0, 0.1) is 0 Å². The van der Waals surface area contributed by atoms with Gasteiger partial charge >= 0.3 is 0 Å². The van der Waals surface area contributed by atoms with Gasteiger partial charge in [0, 0.05) is 48.0 Å². The molecule has 26 heavy (non-hydrogen) atoms. The third-order valence-electron chi connectivity index (χ3n) is 3.78. The molecule has 1 aromatic carbocycles. The van der Waals surface area contributed by atoms with Gasteiger partial charge in [-0.2, -0.15) is 0 Å². The molecule has 0 atom stereocenters. The Morgan fingerprint density at radius 1 is 1.19 bits per heavy atom. The molecule has 3 aromatic rings. The molecule has 0 radical (unpaired) electrons. The van der Waals surface area contributed by atoms with Crippen molar-refractivity contribution in [1.29, 1.82) is 0 Å². The SMILES string of the molecule is [2H]C1([2H])OC([2H])([2H])C([2H])([2H])N(CC(=O)Cc2ncc3ccc(-c4cccnc4)cc3n2)C1([2H])[2H]. The van der Waals surface area contributed by atoms with Crippen LogP contribution in [0.4, 0.5) is 0 Å². The molecule has 1 fully saturated rings. The highest BCUT2D eigenvalue weighted by Crippen LogP contribution is 2.22. The number of ketones is 1. The third-order valence-corrected chi connectivity index (χ3v) is 3.78. The second kappa shape index (κ2) is 7.68. The number of rotatable bonds is 5. The van der Waals surface area contributed by atoms with Crippen molar-refractivity contribution in [2.24, 2.45) is 0 Å². The first-order valence-corrected chi connectivity index (χ1v) is 7.90. The third kappa shape index (κ3) is 3.92. The number of benzene rings is 1. The molecule has 1 aliphatic heterocycles. The van der Waals surface area contributed by atoms with Crippen molar-refractivity contribution >= 4 is 16.7 Å². The lowest BCUT2D eigenvalue weighted by Crippen LogP contribution is -2.40. The summed E-state index contributed by atoms with van der Waals surface area (Å²) < 4.78 is 67.3. The van der Waals surface area contributed by atoms with E-state index < -0.39 is 38.4 Å². The smallest absolute Gasteiger partial charge is 0.154 e. The Bertz CT molecular complexity index is 1210. The average Bonchev–Trinajstić information content (AvgIpc) is 2.75. The summed E-state index contributed by atoms with van der Waals surface area (Å²) in [5.41, 5.74) is 2.29. The lowest BCUT2D eigenvalue weighted by Gasteiger charge is -2.25. The van der Waals surface area contributed by atoms with Crippen LogP contribution in [0.15, 0.2) is 48.9 Å². The highest BCUT2D eigenvalue weighted by molar-refractivity contribution is 5.85. The molecule has 4 rings (SSSR count). The number of fused-ring (bicyclic) bond motifs is 1. The fourth-order valence-corrected chi connectivity index (χ4v) is 2.56. The summed E-state index contributed by atoms with van der Waals surface area (Å²) in [4.78, 5) is 25.6. The van der Waals surface area contributed by atoms with E-state index in [4.69, 9.17) is 11.0 Å². The number of pyridine rings is 1. The van der Waals surface area contributed by atoms with Crippen molar-refractivity contribution in [2.75, 3.05) is 32.7 Å². The Morgan fingerprint density at radius 3 is 2.88 bits per heavy atom. The predicted octanol–water partition coefficient (Wildman–Crippen LogP) is 2.14. The molecule has 0 unspecified atom stereocenters. The molecule has 132 valence electrons. The van der Waals surface area contributed by atoms with E-state index >= 15 is 0 Å². The molecule has 1 saturated heterocycles. The van der Waals surface area contributed by atoms with Crippen molar-refractivity contribution in [3.63, 3.8) is 0 Å². The number of ether oxygens (including phenoxy) is 1. The highest BCUT2D eigenvalue weighted by Gasteiger charge is 2.15. The molecular formula is C20H20N4O2. The number of carbonyl (C=O) groups is 1. The first kappa shape index (κ1) is 9.85. The largest absolute Gasteiger partial charge is 0.379 e. The van der Waals surface area contributed by atoms with Crippen molar-refractivity contribution in [3.8, 4) is 11.1 Å². The maximum Gasteiger partial charge on any atom is 0.154 e. The van der Waals surface area contributed by atoms with E-state index in [1.165, 1.54) is 6.20 Å². The fourth-order valence-electron chi connectivity index (χ4n) is 2.56. The van der Waals surface area contributed by atoms with Crippen LogP contribution in [0.5, 0.6) is 0 Å². The van der Waals surface area contributed by atoms with E-state index in [1.807, 2.05) is 24.3 Å². The van der Waals surface area contributed by atoms with E-state index in [9.17, 15) is 4.79 Å². The van der Waals surface area contributed by atoms with Gasteiger partial charge in [0.1, 0.15) is 5.82 Å². The maximum absolute atomic E-state index is 12.8. The summed E-state index contributed by atoms with van der Waals surface area (Å²) in [6.45, 7) is -13.6. The van der Waals surface area contributed by atoms with Crippen LogP contribution < -0.4 is 0 Å². The molecular weight excluding hydrogens is 328 g/mol. The Balaban J connectivity index is 1.59. The quantitative estimate of drug-likeness (QED) is 0.698. The van der Waals surface area contributed by atoms with Crippen LogP contribution in [0.2, 0.25) is 0 Å². The molecule has 0 N–H and O–H groups in total. The van der Waals surface area contributed by atoms with Gasteiger partial charge in [0.15, 0.2) is 5.78 Å². The molecule has 0 aliphatic carbocycles. The lowest BCUT2D eigenvalue weighted by atomic mass is 10.1. The van der Waals surface area contributed by atoms with E-state index in [1.54, 1.807) is 18.5 Å². The Morgan fingerprint density at radius 2 is 2.08 bits per heavy atom. The van der Waals surface area contributed by atoms with E-state index in [0.29, 0.717) is 5.52 Å². The van der Waals surface area contributed by atoms with Gasteiger partial charge in [-0.1, -0.05) is 18.2 Å². The zero-order chi connectivity index (χ0) is 24.9. The fraction of sp³-hybridized carbons (Fsp3) is 0.300. The summed E-state index contributed by atoms with van der Waals surface area (Å²) in [6, 6.07) is 9.21. The molecule has 6 nitrogen and oxygen atoms in total. The van der Waals surface area contributed by atoms with E-state index in [2.05, 4.69) is 19.7 Å². The summed E-state index contributed by atoms with van der Waals surface area (Å²) >= 11 is 0. The molecule has 2 aromatic heterocycles. The van der Waals surface area contributed by atoms with E-state index in [-0.39, 0.29) is 17.1 Å². The summed E-state index contributed by atoms with van der Waals surface area (Å²) in [7, 11) is 0. The summed E-state index contributed by atoms with van der Waals surface area (Å²) in [6.07, 6.45) is 4.51. The number of carbonyl (C=O) groups excluding carboxylic acids is 1. The van der Waals surface area contributed by atoms with Gasteiger partial charge < -0.3 is 4.74 Å². The minimum atomic E-state index is -3.20. The van der Waals surface area contributed by atoms with Gasteiger partial charge in [0.05, 0.1) is 37.1 Å². The van der Waals surface area contributed by atoms with Crippen LogP contribution in [0.25, 0.3) is 22.0 Å². The average molecular weight is 356 g/mol. The molecule has 6 heteroatoms. The van der Waals surface area contributed by atoms with E-state index in [0.717, 1.165) is 16.5 Å². The monoisotopic (exact) mass is 356 g/mol. The first-order valence-electron chi connectivity index (χ1n) is 11.9. The first-order chi connectivity index (χ1) is 15.7. The minimum absolute atomic E-state index is 0.112. The van der Waals surface area contributed by atoms with Crippen molar-refractivity contribution in [1.82, 2.24) is 19.9 Å². The Hall–Kier alpha value is -2.70. The predicted molar refractivity (Wildman–Crippen MR) is 98.7 cm³/mol. The van der Waals surface area contributed by atoms with Crippen molar-refractivity contribution < 1.29 is 20.5 Å². The zero-order valence-electron chi connectivity index (χ0n) is 21.6. The van der Waals surface area contributed by atoms with Crippen LogP contribution in [-0.4, -0.2) is 58.3 Å². The number of hydrogen-bond acceptors (Lipinski definition) is 6. The molecule has 0 bridgehead atoms. The Labute approximate surface area is 163 Å². The molecule has 0 saturated carbocycles. The molecule has 3 heterocycles. The van der Waals surface area contributed by atoms with Crippen LogP contribution in [0.1, 0.15) is 16.8 Å². The topological polar surface area (TPSA) is 68.2 Å². The number of morpholine rings is 1. The second-order valence-corrected chi connectivity index (χ2v) is 5.63. The Kier molecular flexibility index (Phi) is 2.91. The number of Topliss-reactive ketones (excluding diaryl/α,β-unsaturated/α-hetero) is 1. The van der Waals surface area contributed by atoms with Crippen LogP contribution in [-0.2, 0) is 16.0 Å². The molecule has 0 spiro atoms. The zero-order valence-corrected chi connectivity index (χ0v) is 13.6. The van der Waals surface area contributed by atoms with Crippen molar-refractivity contribution in [3.05, 3.63) is 54.7 Å². The molecule has 0 amide bonds. The molecule has 1 aliphatic rings. The van der Waals surface area contributed by atoms with Gasteiger partial charge in [-0.05, 0) is 17.7 Å². The van der Waals surface area contributed by atoms with Gasteiger partial charge in [-0.25, -0.2) is 9.97 Å². The number of hydrogen-bond donors (Lipinski definition) is 0. The normalized spacial score (nSPS) is 27.5. The van der Waals surface area contributed by atoms with Crippen molar-refractivity contribution in [2.45, 2.75) is 6.42 Å². The highest BCUT2D eigenvalue weighted by atomic mass is 16.5. The van der Waals surface area contributed by atoms with Crippen LogP contribution >= 0.6 is 0 Å². The number of nitrogens with zero attached hydrogens (tertiary/aromatic N) is 4. The van der Waals surface area contributed by atoms with Gasteiger partial charge in [-0.15, -0.1) is 0 Å². The van der Waals surface area contributed by atoms with Gasteiger partial charge in [-0.3, -0.25) is 14.7 Å². The summed E-state index contributed by atoms with van der Waals surface area (Å²) in [5, 5.41) is 0.728. The van der Waals surface area contributed by atoms with Gasteiger partial charge in [0.25, 0.3) is 0 Å². The minimum Gasteiger partial charge on any atom is -0.379 e. The lowest BCUT2D eigenvalue weighted by molar-refractivity contribution is -0.120. The standard InChI is InChI=1S/C20H20N4O2/c25-18(14-24-6-8-26-9-7-24)11-20-22-13-17-4-3-15(10-19(17)23-20)16-2-1-5-21-12-16/h1-5,10,12-13H,6-9,11,14H2/i6D2,7D2,8D2,9D2. The van der Waals surface area contributed by atoms with Crippen LogP contribution in [0.3, 0.4) is 0 Å². The van der Waals surface area contributed by atoms with Gasteiger partial charge in [0.2, 0.25) is 0 Å². The summed E-state index contributed by atoms with van der Waals surface area (Å²) in [5.74, 6) is -0.606. The number of aromatic nitrogens is 3. The second-order valence-electron chi connectivity index (χ2n) is 5.63.